The van der Waals surface area contributed by atoms with Crippen LogP contribution in [0.25, 0.3) is 0 Å². The minimum absolute atomic E-state index is 0.0657. The van der Waals surface area contributed by atoms with Crippen molar-refractivity contribution in [3.8, 4) is 0 Å². The van der Waals surface area contributed by atoms with E-state index in [9.17, 15) is 13.2 Å². The molecule has 2 fully saturated rings. The minimum atomic E-state index is -3.00. The number of hydrogen-bond acceptors (Lipinski definition) is 5. The van der Waals surface area contributed by atoms with Gasteiger partial charge in [-0.15, -0.1) is 0 Å². The smallest absolute Gasteiger partial charge is 0.306 e. The van der Waals surface area contributed by atoms with E-state index in [-0.39, 0.29) is 35.2 Å². The van der Waals surface area contributed by atoms with Gasteiger partial charge in [0, 0.05) is 13.0 Å². The highest BCUT2D eigenvalue weighted by atomic mass is 32.2. The van der Waals surface area contributed by atoms with E-state index in [0.717, 1.165) is 0 Å². The fourth-order valence-electron chi connectivity index (χ4n) is 2.73. The third-order valence-corrected chi connectivity index (χ3v) is 5.78. The Labute approximate surface area is 95.5 Å². The molecule has 2 saturated heterocycles. The van der Waals surface area contributed by atoms with Crippen LogP contribution in [0.2, 0.25) is 0 Å². The predicted molar refractivity (Wildman–Crippen MR) is 58.7 cm³/mol. The molecule has 2 aliphatic rings. The zero-order valence-electron chi connectivity index (χ0n) is 9.31. The molecule has 5 nitrogen and oxygen atoms in total. The average molecular weight is 247 g/mol. The summed E-state index contributed by atoms with van der Waals surface area (Å²) in [4.78, 5) is 11.4. The summed E-state index contributed by atoms with van der Waals surface area (Å²) in [5.74, 6) is -0.114. The monoisotopic (exact) mass is 247 g/mol. The number of carbonyl (C=O) groups is 1. The van der Waals surface area contributed by atoms with Crippen LogP contribution in [0, 0.1) is 11.8 Å². The lowest BCUT2D eigenvalue weighted by molar-refractivity contribution is -0.144. The summed E-state index contributed by atoms with van der Waals surface area (Å²) in [5.41, 5.74) is 0. The Bertz CT molecular complexity index is 378. The summed E-state index contributed by atoms with van der Waals surface area (Å²) in [7, 11) is -3.00. The van der Waals surface area contributed by atoms with Crippen molar-refractivity contribution in [2.75, 3.05) is 25.4 Å². The van der Waals surface area contributed by atoms with E-state index in [1.165, 1.54) is 0 Å². The molecule has 0 aromatic carbocycles. The first-order valence-electron chi connectivity index (χ1n) is 5.62. The van der Waals surface area contributed by atoms with Gasteiger partial charge in [0.05, 0.1) is 17.6 Å². The predicted octanol–water partition coefficient (Wildman–Crippen LogP) is -0.428. The largest absolute Gasteiger partial charge is 0.466 e. The summed E-state index contributed by atoms with van der Waals surface area (Å²) >= 11 is 0. The molecule has 0 aliphatic carbocycles. The van der Waals surface area contributed by atoms with Crippen molar-refractivity contribution >= 4 is 15.8 Å². The van der Waals surface area contributed by atoms with Gasteiger partial charge in [0.15, 0.2) is 9.84 Å². The lowest BCUT2D eigenvalue weighted by Crippen LogP contribution is -2.22. The van der Waals surface area contributed by atoms with E-state index in [4.69, 9.17) is 4.74 Å². The van der Waals surface area contributed by atoms with Crippen molar-refractivity contribution < 1.29 is 17.9 Å². The van der Waals surface area contributed by atoms with Crippen molar-refractivity contribution in [2.45, 2.75) is 18.6 Å². The van der Waals surface area contributed by atoms with Crippen molar-refractivity contribution in [1.82, 2.24) is 5.32 Å². The number of carbonyl (C=O) groups excluding carboxylic acids is 1. The second-order valence-electron chi connectivity index (χ2n) is 4.46. The maximum Gasteiger partial charge on any atom is 0.306 e. The quantitative estimate of drug-likeness (QED) is 0.685. The van der Waals surface area contributed by atoms with Crippen LogP contribution in [-0.4, -0.2) is 45.1 Å². The molecule has 0 aromatic heterocycles. The van der Waals surface area contributed by atoms with Gasteiger partial charge < -0.3 is 10.1 Å². The van der Waals surface area contributed by atoms with Crippen LogP contribution in [0.15, 0.2) is 0 Å². The Balaban J connectivity index is 2.04. The van der Waals surface area contributed by atoms with Gasteiger partial charge in [0.25, 0.3) is 0 Å². The van der Waals surface area contributed by atoms with Crippen LogP contribution in [0.1, 0.15) is 13.3 Å². The third kappa shape index (κ3) is 2.08. The first kappa shape index (κ1) is 11.9. The van der Waals surface area contributed by atoms with E-state index in [1.807, 2.05) is 0 Å². The van der Waals surface area contributed by atoms with Crippen LogP contribution in [-0.2, 0) is 19.4 Å². The summed E-state index contributed by atoms with van der Waals surface area (Å²) in [6, 6.07) is 0. The lowest BCUT2D eigenvalue weighted by Gasteiger charge is -2.14. The number of fused-ring (bicyclic) bond motifs is 1. The molecule has 2 heterocycles. The molecule has 0 radical (unpaired) electrons. The molecule has 0 amide bonds. The van der Waals surface area contributed by atoms with Crippen molar-refractivity contribution in [1.29, 1.82) is 0 Å². The van der Waals surface area contributed by atoms with E-state index >= 15 is 0 Å². The lowest BCUT2D eigenvalue weighted by atomic mass is 9.91. The fraction of sp³-hybridized carbons (Fsp3) is 0.900. The maximum atomic E-state index is 11.8. The van der Waals surface area contributed by atoms with Crippen molar-refractivity contribution in [2.24, 2.45) is 11.8 Å². The highest BCUT2D eigenvalue weighted by Gasteiger charge is 2.49. The number of hydrogen-bond donors (Lipinski definition) is 1. The molecule has 16 heavy (non-hydrogen) atoms. The van der Waals surface area contributed by atoms with Crippen LogP contribution in [0.4, 0.5) is 0 Å². The number of sulfone groups is 1. The van der Waals surface area contributed by atoms with E-state index in [0.29, 0.717) is 19.7 Å². The second kappa shape index (κ2) is 4.33. The van der Waals surface area contributed by atoms with Crippen LogP contribution in [0.5, 0.6) is 0 Å². The maximum absolute atomic E-state index is 11.8. The molecular weight excluding hydrogens is 230 g/mol. The molecule has 6 heteroatoms. The highest BCUT2D eigenvalue weighted by molar-refractivity contribution is 7.92. The molecule has 0 aromatic rings. The number of ether oxygens (including phenoxy) is 1. The summed E-state index contributed by atoms with van der Waals surface area (Å²) in [5, 5.41) is 2.80. The van der Waals surface area contributed by atoms with Gasteiger partial charge in [-0.25, -0.2) is 8.42 Å². The minimum Gasteiger partial charge on any atom is -0.466 e. The zero-order valence-corrected chi connectivity index (χ0v) is 10.1. The third-order valence-electron chi connectivity index (χ3n) is 3.45. The Morgan fingerprint density at radius 3 is 2.88 bits per heavy atom. The summed E-state index contributed by atoms with van der Waals surface area (Å²) in [6.45, 7) is 3.34. The fourth-order valence-corrected chi connectivity index (χ4v) is 5.16. The van der Waals surface area contributed by atoms with Gasteiger partial charge in [0.1, 0.15) is 0 Å². The van der Waals surface area contributed by atoms with Crippen LogP contribution < -0.4 is 5.32 Å². The topological polar surface area (TPSA) is 72.5 Å². The van der Waals surface area contributed by atoms with E-state index in [1.54, 1.807) is 6.92 Å². The standard InChI is InChI=1S/C10H17NO4S/c1-2-15-10(12)3-7-6-16(13,14)9-5-11-4-8(7)9/h7-9,11H,2-6H2,1H3. The molecule has 0 spiro atoms. The first-order chi connectivity index (χ1) is 7.54. The SMILES string of the molecule is CCOC(=O)CC1CS(=O)(=O)C2CNCC12. The van der Waals surface area contributed by atoms with Gasteiger partial charge in [-0.3, -0.25) is 4.79 Å². The summed E-state index contributed by atoms with van der Waals surface area (Å²) in [6.07, 6.45) is 0.232. The molecule has 2 rings (SSSR count). The molecule has 92 valence electrons. The highest BCUT2D eigenvalue weighted by Crippen LogP contribution is 2.36. The normalized spacial score (nSPS) is 35.9. The number of esters is 1. The molecule has 0 bridgehead atoms. The van der Waals surface area contributed by atoms with Gasteiger partial charge in [-0.2, -0.15) is 0 Å². The van der Waals surface area contributed by atoms with Crippen molar-refractivity contribution in [3.05, 3.63) is 0 Å². The molecule has 2 aliphatic heterocycles. The second-order valence-corrected chi connectivity index (χ2v) is 6.72. The molecular formula is C10H17NO4S. The van der Waals surface area contributed by atoms with Crippen LogP contribution in [0.3, 0.4) is 0 Å². The van der Waals surface area contributed by atoms with Gasteiger partial charge >= 0.3 is 5.97 Å². The van der Waals surface area contributed by atoms with E-state index < -0.39 is 9.84 Å². The summed E-state index contributed by atoms with van der Waals surface area (Å²) < 4.78 is 28.5. The Kier molecular flexibility index (Phi) is 3.21. The van der Waals surface area contributed by atoms with Crippen LogP contribution >= 0.6 is 0 Å². The zero-order chi connectivity index (χ0) is 11.8. The molecule has 0 saturated carbocycles. The Hall–Kier alpha value is -0.620. The Morgan fingerprint density at radius 2 is 2.19 bits per heavy atom. The molecule has 3 atom stereocenters. The average Bonchev–Trinajstić information content (AvgIpc) is 2.71. The van der Waals surface area contributed by atoms with Crippen molar-refractivity contribution in [3.63, 3.8) is 0 Å². The van der Waals surface area contributed by atoms with E-state index in [2.05, 4.69) is 5.32 Å². The molecule has 1 N–H and O–H groups in total. The van der Waals surface area contributed by atoms with Gasteiger partial charge in [-0.1, -0.05) is 0 Å². The van der Waals surface area contributed by atoms with Gasteiger partial charge in [-0.05, 0) is 25.3 Å². The first-order valence-corrected chi connectivity index (χ1v) is 7.34. The molecule has 3 unspecified atom stereocenters. The van der Waals surface area contributed by atoms with Gasteiger partial charge in [0.2, 0.25) is 0 Å². The number of rotatable bonds is 3. The number of nitrogens with one attached hydrogen (secondary N) is 1. The Morgan fingerprint density at radius 1 is 1.44 bits per heavy atom.